The standard InChI is InChI=1S/C27H47N2O3P/c1-3-5-6-7-8-9-10-11-12-13-14-15-16-17-21-27(33-32,20-4-2)22-18-23-29-24-19-25(30)28-26(29)31/h18-19,22,24H,3-17,20-21,23H2,1-2H3,(H,28,30,31)/p+1/b22-18+. The fraction of sp³-hybridized carbons (Fsp3) is 0.778. The summed E-state index contributed by atoms with van der Waals surface area (Å²) in [7, 11) is -0.382. The summed E-state index contributed by atoms with van der Waals surface area (Å²) in [6.07, 6.45) is 27.0. The van der Waals surface area contributed by atoms with Gasteiger partial charge in [0, 0.05) is 31.6 Å². The smallest absolute Gasteiger partial charge is 0.297 e. The molecule has 1 aromatic rings. The summed E-state index contributed by atoms with van der Waals surface area (Å²) in [6.45, 7) is 4.77. The number of rotatable bonds is 21. The summed E-state index contributed by atoms with van der Waals surface area (Å²) in [5.41, 5.74) is -0.802. The summed E-state index contributed by atoms with van der Waals surface area (Å²) < 4.78 is 13.6. The van der Waals surface area contributed by atoms with Crippen LogP contribution in [0.25, 0.3) is 0 Å². The molecule has 1 rings (SSSR count). The Balaban J connectivity index is 2.23. The Labute approximate surface area is 202 Å². The number of nitrogens with zero attached hydrogens (tertiary/aromatic N) is 1. The fourth-order valence-corrected chi connectivity index (χ4v) is 5.31. The number of unbranched alkanes of at least 4 members (excludes halogenated alkanes) is 13. The quantitative estimate of drug-likeness (QED) is 0.113. The van der Waals surface area contributed by atoms with Crippen LogP contribution >= 0.6 is 8.46 Å². The Kier molecular flexibility index (Phi) is 16.9. The molecule has 0 bridgehead atoms. The van der Waals surface area contributed by atoms with Crippen molar-refractivity contribution in [3.8, 4) is 0 Å². The zero-order valence-electron chi connectivity index (χ0n) is 21.2. The van der Waals surface area contributed by atoms with Crippen molar-refractivity contribution in [3.63, 3.8) is 0 Å². The zero-order chi connectivity index (χ0) is 24.2. The van der Waals surface area contributed by atoms with E-state index in [4.69, 9.17) is 0 Å². The number of allylic oxidation sites excluding steroid dienone is 2. The third-order valence-corrected chi connectivity index (χ3v) is 7.58. The van der Waals surface area contributed by atoms with E-state index >= 15 is 0 Å². The van der Waals surface area contributed by atoms with Gasteiger partial charge in [-0.3, -0.25) is 14.3 Å². The Hall–Kier alpha value is -1.48. The highest BCUT2D eigenvalue weighted by Gasteiger charge is 2.34. The second kappa shape index (κ2) is 18.9. The van der Waals surface area contributed by atoms with Gasteiger partial charge in [-0.1, -0.05) is 114 Å². The predicted molar refractivity (Wildman–Crippen MR) is 142 cm³/mol. The lowest BCUT2D eigenvalue weighted by Gasteiger charge is -2.16. The molecule has 0 aliphatic heterocycles. The Morgan fingerprint density at radius 1 is 0.818 bits per heavy atom. The second-order valence-corrected chi connectivity index (χ2v) is 10.7. The maximum atomic E-state index is 12.1. The highest BCUT2D eigenvalue weighted by molar-refractivity contribution is 7.26. The molecule has 0 aliphatic rings. The molecule has 0 fully saturated rings. The van der Waals surface area contributed by atoms with Crippen LogP contribution in [-0.4, -0.2) is 14.7 Å². The van der Waals surface area contributed by atoms with Crippen molar-refractivity contribution in [2.24, 2.45) is 0 Å². The number of nitrogens with one attached hydrogen (secondary N) is 1. The molecule has 1 aromatic heterocycles. The first kappa shape index (κ1) is 29.6. The van der Waals surface area contributed by atoms with Crippen LogP contribution in [0.5, 0.6) is 0 Å². The van der Waals surface area contributed by atoms with Crippen molar-refractivity contribution in [1.29, 1.82) is 0 Å². The molecule has 1 N–H and O–H groups in total. The first-order valence-corrected chi connectivity index (χ1v) is 14.3. The molecule has 0 radical (unpaired) electrons. The average molecular weight is 480 g/mol. The van der Waals surface area contributed by atoms with Crippen LogP contribution in [0.4, 0.5) is 0 Å². The van der Waals surface area contributed by atoms with Crippen LogP contribution in [0.15, 0.2) is 34.0 Å². The molecule has 2 atom stereocenters. The van der Waals surface area contributed by atoms with Crippen LogP contribution < -0.4 is 11.2 Å². The largest absolute Gasteiger partial charge is 0.335 e. The van der Waals surface area contributed by atoms with Crippen molar-refractivity contribution in [3.05, 3.63) is 45.3 Å². The summed E-state index contributed by atoms with van der Waals surface area (Å²) >= 11 is 0. The fourth-order valence-electron chi connectivity index (χ4n) is 4.49. The monoisotopic (exact) mass is 479 g/mol. The normalized spacial score (nSPS) is 13.6. The lowest BCUT2D eigenvalue weighted by Crippen LogP contribution is -2.28. The molecule has 0 aromatic carbocycles. The molecule has 0 amide bonds. The molecule has 0 spiro atoms. The van der Waals surface area contributed by atoms with Crippen LogP contribution in [0.2, 0.25) is 0 Å². The Morgan fingerprint density at radius 3 is 1.85 bits per heavy atom. The first-order chi connectivity index (χ1) is 16.1. The van der Waals surface area contributed by atoms with Gasteiger partial charge in [0.05, 0.1) is 0 Å². The van der Waals surface area contributed by atoms with E-state index in [0.29, 0.717) is 6.54 Å². The number of hydrogen-bond donors (Lipinski definition) is 1. The topological polar surface area (TPSA) is 71.9 Å². The summed E-state index contributed by atoms with van der Waals surface area (Å²) in [4.78, 5) is 25.3. The predicted octanol–water partition coefficient (Wildman–Crippen LogP) is 7.53. The van der Waals surface area contributed by atoms with Gasteiger partial charge in [0.15, 0.2) is 5.16 Å². The molecule has 0 aliphatic carbocycles. The van der Waals surface area contributed by atoms with Crippen LogP contribution in [0.3, 0.4) is 0 Å². The second-order valence-electron chi connectivity index (χ2n) is 9.52. The minimum absolute atomic E-state index is 0.294. The maximum Gasteiger partial charge on any atom is 0.335 e. The van der Waals surface area contributed by atoms with Crippen LogP contribution in [0.1, 0.15) is 123 Å². The van der Waals surface area contributed by atoms with E-state index in [1.54, 1.807) is 0 Å². The Bertz CT molecular complexity index is 771. The first-order valence-electron chi connectivity index (χ1n) is 13.4. The van der Waals surface area contributed by atoms with Gasteiger partial charge in [-0.15, -0.1) is 0 Å². The minimum atomic E-state index is -0.412. The molecular weight excluding hydrogens is 431 g/mol. The Morgan fingerprint density at radius 2 is 1.36 bits per heavy atom. The number of hydrogen-bond acceptors (Lipinski definition) is 3. The molecular formula is C27H48N2O3P+. The van der Waals surface area contributed by atoms with Crippen molar-refractivity contribution >= 4 is 8.46 Å². The van der Waals surface area contributed by atoms with Gasteiger partial charge in [-0.2, -0.15) is 0 Å². The minimum Gasteiger partial charge on any atom is -0.297 e. The van der Waals surface area contributed by atoms with Gasteiger partial charge in [0.1, 0.15) is 0 Å². The summed E-state index contributed by atoms with van der Waals surface area (Å²) in [6, 6.07) is 1.35. The lowest BCUT2D eigenvalue weighted by atomic mass is 9.94. The van der Waals surface area contributed by atoms with Gasteiger partial charge < -0.3 is 0 Å². The zero-order valence-corrected chi connectivity index (χ0v) is 22.2. The van der Waals surface area contributed by atoms with Gasteiger partial charge in [0.25, 0.3) is 5.56 Å². The molecule has 2 unspecified atom stereocenters. The molecule has 33 heavy (non-hydrogen) atoms. The van der Waals surface area contributed by atoms with Crippen molar-refractivity contribution in [2.75, 3.05) is 0 Å². The molecule has 188 valence electrons. The van der Waals surface area contributed by atoms with E-state index < -0.39 is 5.69 Å². The van der Waals surface area contributed by atoms with E-state index in [1.807, 2.05) is 12.2 Å². The summed E-state index contributed by atoms with van der Waals surface area (Å²) in [5, 5.41) is -0.294. The van der Waals surface area contributed by atoms with Crippen molar-refractivity contribution in [2.45, 2.75) is 135 Å². The van der Waals surface area contributed by atoms with Gasteiger partial charge in [-0.25, -0.2) is 4.79 Å². The lowest BCUT2D eigenvalue weighted by molar-refractivity contribution is 0.491. The van der Waals surface area contributed by atoms with Crippen molar-refractivity contribution < 1.29 is 4.57 Å². The molecule has 0 saturated heterocycles. The maximum absolute atomic E-state index is 12.1. The highest BCUT2D eigenvalue weighted by atomic mass is 31.1. The van der Waals surface area contributed by atoms with Crippen LogP contribution in [0, 0.1) is 0 Å². The van der Waals surface area contributed by atoms with E-state index in [-0.39, 0.29) is 19.2 Å². The number of H-pyrrole nitrogens is 1. The van der Waals surface area contributed by atoms with Gasteiger partial charge in [0.2, 0.25) is 0 Å². The third kappa shape index (κ3) is 13.7. The SMILES string of the molecule is CCCCCCCCCCCCCCCCC(/C=C/Cn1ccc(=O)[nH]c1=O)(CCC)[PH+]=O. The van der Waals surface area contributed by atoms with E-state index in [9.17, 15) is 14.2 Å². The van der Waals surface area contributed by atoms with Crippen molar-refractivity contribution in [1.82, 2.24) is 9.55 Å². The number of aromatic nitrogens is 2. The molecule has 5 nitrogen and oxygen atoms in total. The van der Waals surface area contributed by atoms with E-state index in [0.717, 1.165) is 25.7 Å². The number of aromatic amines is 1. The highest BCUT2D eigenvalue weighted by Crippen LogP contribution is 2.36. The van der Waals surface area contributed by atoms with E-state index in [2.05, 4.69) is 18.8 Å². The molecule has 0 saturated carbocycles. The molecule has 6 heteroatoms. The van der Waals surface area contributed by atoms with Crippen LogP contribution in [-0.2, 0) is 11.1 Å². The van der Waals surface area contributed by atoms with Gasteiger partial charge >= 0.3 is 14.1 Å². The van der Waals surface area contributed by atoms with E-state index in [1.165, 1.54) is 100 Å². The van der Waals surface area contributed by atoms with Gasteiger partial charge in [-0.05, 0) is 12.5 Å². The summed E-state index contributed by atoms with van der Waals surface area (Å²) in [5.74, 6) is 0. The third-order valence-electron chi connectivity index (χ3n) is 6.51. The molecule has 1 heterocycles. The average Bonchev–Trinajstić information content (AvgIpc) is 2.80.